The van der Waals surface area contributed by atoms with E-state index in [9.17, 15) is 35.9 Å². The molecule has 0 heterocycles. The Hall–Kier alpha value is -2.26. The number of amides is 1. The summed E-state index contributed by atoms with van der Waals surface area (Å²) in [6, 6.07) is 7.29. The van der Waals surface area contributed by atoms with E-state index in [-0.39, 0.29) is 6.42 Å². The fourth-order valence-electron chi connectivity index (χ4n) is 2.58. The van der Waals surface area contributed by atoms with Crippen molar-refractivity contribution in [1.82, 2.24) is 4.90 Å². The molecule has 0 aliphatic carbocycles. The molecule has 10 heteroatoms. The van der Waals surface area contributed by atoms with Gasteiger partial charge in [-0.15, -0.1) is 0 Å². The molecule has 28 heavy (non-hydrogen) atoms. The minimum Gasteiger partial charge on any atom is -0.461 e. The normalized spacial score (nSPS) is 13.8. The largest absolute Gasteiger partial charge is 0.461 e. The van der Waals surface area contributed by atoms with Gasteiger partial charge in [-0.1, -0.05) is 30.3 Å². The Morgan fingerprint density at radius 1 is 1.00 bits per heavy atom. The molecule has 1 unspecified atom stereocenters. The van der Waals surface area contributed by atoms with Crippen LogP contribution in [0.2, 0.25) is 0 Å². The Kier molecular flexibility index (Phi) is 7.50. The number of benzene rings is 1. The molecule has 158 valence electrons. The van der Waals surface area contributed by atoms with Crippen LogP contribution >= 0.6 is 0 Å². The maximum absolute atomic E-state index is 14.2. The first-order chi connectivity index (χ1) is 12.8. The maximum atomic E-state index is 14.2. The van der Waals surface area contributed by atoms with Crippen LogP contribution in [0.15, 0.2) is 30.3 Å². The Morgan fingerprint density at radius 3 is 2.00 bits per heavy atom. The maximum Gasteiger partial charge on any atom is 0.411 e. The summed E-state index contributed by atoms with van der Waals surface area (Å²) in [6.45, 7) is 2.46. The summed E-state index contributed by atoms with van der Waals surface area (Å²) in [5.74, 6) is -23.3. The molecule has 0 aliphatic rings. The van der Waals surface area contributed by atoms with Crippen LogP contribution in [0.5, 0.6) is 0 Å². The monoisotopic (exact) mass is 413 g/mol. The van der Waals surface area contributed by atoms with Crippen LogP contribution in [-0.4, -0.2) is 53.7 Å². The van der Waals surface area contributed by atoms with E-state index in [1.807, 2.05) is 0 Å². The van der Waals surface area contributed by atoms with Gasteiger partial charge in [0.1, 0.15) is 0 Å². The Labute approximate surface area is 158 Å². The molecule has 1 aromatic rings. The van der Waals surface area contributed by atoms with E-state index in [2.05, 4.69) is 4.74 Å². The first kappa shape index (κ1) is 23.8. The number of carbonyl (C=O) groups is 2. The molecule has 0 N–H and O–H groups in total. The lowest BCUT2D eigenvalue weighted by molar-refractivity contribution is -0.297. The highest BCUT2D eigenvalue weighted by Crippen LogP contribution is 2.47. The van der Waals surface area contributed by atoms with Gasteiger partial charge in [0.2, 0.25) is 0 Å². The molecular formula is C18H21F6NO3. The number of likely N-dealkylation sites (N-methyl/N-ethyl adjacent to an activating group) is 1. The number of esters is 1. The van der Waals surface area contributed by atoms with Crippen molar-refractivity contribution >= 4 is 11.9 Å². The minimum absolute atomic E-state index is 0.0380. The van der Waals surface area contributed by atoms with Crippen molar-refractivity contribution in [2.24, 2.45) is 0 Å². The minimum atomic E-state index is -6.27. The zero-order valence-corrected chi connectivity index (χ0v) is 15.5. The van der Waals surface area contributed by atoms with Crippen LogP contribution in [0.1, 0.15) is 26.3 Å². The van der Waals surface area contributed by atoms with E-state index in [4.69, 9.17) is 0 Å². The predicted molar refractivity (Wildman–Crippen MR) is 88.5 cm³/mol. The molecule has 0 spiro atoms. The third kappa shape index (κ3) is 4.41. The number of hydrogen-bond acceptors (Lipinski definition) is 3. The van der Waals surface area contributed by atoms with Gasteiger partial charge in [0, 0.05) is 12.6 Å². The number of nitrogens with zero attached hydrogens (tertiary/aromatic N) is 1. The van der Waals surface area contributed by atoms with Gasteiger partial charge in [-0.25, -0.2) is 4.79 Å². The van der Waals surface area contributed by atoms with Crippen LogP contribution in [0.4, 0.5) is 26.3 Å². The van der Waals surface area contributed by atoms with E-state index in [1.54, 1.807) is 30.3 Å². The highest BCUT2D eigenvalue weighted by atomic mass is 19.3. The van der Waals surface area contributed by atoms with E-state index in [0.29, 0.717) is 10.5 Å². The van der Waals surface area contributed by atoms with Crippen LogP contribution in [0.25, 0.3) is 0 Å². The Balaban J connectivity index is 3.14. The quantitative estimate of drug-likeness (QED) is 0.455. The summed E-state index contributed by atoms with van der Waals surface area (Å²) in [6.07, 6.45) is 0.0380. The average Bonchev–Trinajstić information content (AvgIpc) is 2.62. The van der Waals surface area contributed by atoms with Gasteiger partial charge in [-0.2, -0.15) is 26.3 Å². The lowest BCUT2D eigenvalue weighted by Gasteiger charge is -2.36. The third-order valence-corrected chi connectivity index (χ3v) is 4.10. The molecule has 0 bridgehead atoms. The van der Waals surface area contributed by atoms with Gasteiger partial charge in [0.05, 0.1) is 6.61 Å². The number of carbonyl (C=O) groups excluding carboxylic acids is 2. The molecule has 0 fully saturated rings. The lowest BCUT2D eigenvalue weighted by Crippen LogP contribution is -2.64. The van der Waals surface area contributed by atoms with Crippen molar-refractivity contribution < 1.29 is 40.7 Å². The van der Waals surface area contributed by atoms with Gasteiger partial charge in [-0.3, -0.25) is 4.79 Å². The molecule has 1 atom stereocenters. The SMILES string of the molecule is CCOC(=O)C(F)(F)C(F)(F)C(F)(F)C(=O)N(CC)C(C)Cc1ccccc1. The van der Waals surface area contributed by atoms with Crippen molar-refractivity contribution in [3.05, 3.63) is 35.9 Å². The second kappa shape index (κ2) is 8.83. The molecule has 4 nitrogen and oxygen atoms in total. The zero-order valence-electron chi connectivity index (χ0n) is 15.5. The van der Waals surface area contributed by atoms with Gasteiger partial charge < -0.3 is 9.64 Å². The number of alkyl halides is 6. The summed E-state index contributed by atoms with van der Waals surface area (Å²) < 4.78 is 87.4. The highest BCUT2D eigenvalue weighted by Gasteiger charge is 2.79. The van der Waals surface area contributed by atoms with Gasteiger partial charge in [0.15, 0.2) is 0 Å². The van der Waals surface area contributed by atoms with Crippen molar-refractivity contribution in [2.75, 3.05) is 13.2 Å². The van der Waals surface area contributed by atoms with Crippen molar-refractivity contribution in [1.29, 1.82) is 0 Å². The second-order valence-electron chi connectivity index (χ2n) is 6.07. The number of halogens is 6. The first-order valence-corrected chi connectivity index (χ1v) is 8.50. The summed E-state index contributed by atoms with van der Waals surface area (Å²) in [5, 5.41) is 0. The Bertz CT molecular complexity index is 681. The number of rotatable bonds is 9. The molecule has 1 aromatic carbocycles. The van der Waals surface area contributed by atoms with Crippen LogP contribution < -0.4 is 0 Å². The van der Waals surface area contributed by atoms with Crippen LogP contribution in [-0.2, 0) is 20.7 Å². The average molecular weight is 413 g/mol. The van der Waals surface area contributed by atoms with Gasteiger partial charge >= 0.3 is 23.7 Å². The molecular weight excluding hydrogens is 392 g/mol. The fraction of sp³-hybridized carbons (Fsp3) is 0.556. The molecule has 0 saturated carbocycles. The standard InChI is InChI=1S/C18H21F6NO3/c1-4-25(12(3)11-13-9-7-6-8-10-13)14(26)16(19,20)18(23,24)17(21,22)15(27)28-5-2/h6-10,12H,4-5,11H2,1-3H3. The van der Waals surface area contributed by atoms with E-state index in [0.717, 1.165) is 6.92 Å². The van der Waals surface area contributed by atoms with Gasteiger partial charge in [-0.05, 0) is 32.8 Å². The summed E-state index contributed by atoms with van der Waals surface area (Å²) >= 11 is 0. The highest BCUT2D eigenvalue weighted by molar-refractivity contribution is 5.88. The molecule has 0 radical (unpaired) electrons. The second-order valence-corrected chi connectivity index (χ2v) is 6.07. The first-order valence-electron chi connectivity index (χ1n) is 8.50. The number of ether oxygens (including phenoxy) is 1. The zero-order chi connectivity index (χ0) is 21.8. The van der Waals surface area contributed by atoms with Crippen molar-refractivity contribution in [2.45, 2.75) is 51.0 Å². The fourth-order valence-corrected chi connectivity index (χ4v) is 2.58. The smallest absolute Gasteiger partial charge is 0.411 e. The van der Waals surface area contributed by atoms with Crippen molar-refractivity contribution in [3.8, 4) is 0 Å². The van der Waals surface area contributed by atoms with E-state index in [1.165, 1.54) is 13.8 Å². The van der Waals surface area contributed by atoms with Gasteiger partial charge in [0.25, 0.3) is 5.91 Å². The molecule has 0 aliphatic heterocycles. The molecule has 0 saturated heterocycles. The predicted octanol–water partition coefficient (Wildman–Crippen LogP) is 3.94. The summed E-state index contributed by atoms with van der Waals surface area (Å²) in [4.78, 5) is 23.6. The van der Waals surface area contributed by atoms with Crippen LogP contribution in [0, 0.1) is 0 Å². The number of hydrogen-bond donors (Lipinski definition) is 0. The molecule has 1 amide bonds. The summed E-state index contributed by atoms with van der Waals surface area (Å²) in [5.41, 5.74) is 0.633. The topological polar surface area (TPSA) is 46.6 Å². The van der Waals surface area contributed by atoms with Crippen molar-refractivity contribution in [3.63, 3.8) is 0 Å². The third-order valence-electron chi connectivity index (χ3n) is 4.10. The van der Waals surface area contributed by atoms with E-state index < -0.39 is 48.8 Å². The van der Waals surface area contributed by atoms with E-state index >= 15 is 0 Å². The molecule has 1 rings (SSSR count). The molecule has 0 aromatic heterocycles. The lowest BCUT2D eigenvalue weighted by atomic mass is 10.0. The Morgan fingerprint density at radius 2 is 1.54 bits per heavy atom. The van der Waals surface area contributed by atoms with Crippen LogP contribution in [0.3, 0.4) is 0 Å². The summed E-state index contributed by atoms with van der Waals surface area (Å²) in [7, 11) is 0.